The van der Waals surface area contributed by atoms with Crippen molar-refractivity contribution in [1.82, 2.24) is 0 Å². The molecule has 8 aromatic carbocycles. The van der Waals surface area contributed by atoms with Gasteiger partial charge in [0.15, 0.2) is 0 Å². The summed E-state index contributed by atoms with van der Waals surface area (Å²) in [4.78, 5) is 0. The third-order valence-corrected chi connectivity index (χ3v) is 28.1. The molecule has 2 N–H and O–H groups in total. The third-order valence-electron chi connectivity index (χ3n) is 15.5. The van der Waals surface area contributed by atoms with Gasteiger partial charge in [0.05, 0.1) is 33.9 Å². The summed E-state index contributed by atoms with van der Waals surface area (Å²) in [5, 5.41) is 18.0. The second-order valence-electron chi connectivity index (χ2n) is 20.8. The van der Waals surface area contributed by atoms with Crippen LogP contribution in [0.25, 0.3) is 65.3 Å². The van der Waals surface area contributed by atoms with E-state index < -0.39 is 16.1 Å². The van der Waals surface area contributed by atoms with Crippen molar-refractivity contribution in [2.24, 2.45) is 0 Å². The average Bonchev–Trinajstić information content (AvgIpc) is 3.29. The number of anilines is 4. The van der Waals surface area contributed by atoms with Crippen LogP contribution in [0.3, 0.4) is 0 Å². The number of benzene rings is 8. The quantitative estimate of drug-likeness (QED) is 0.0902. The maximum Gasteiger partial charge on any atom is 0.146 e. The van der Waals surface area contributed by atoms with Crippen molar-refractivity contribution in [1.29, 1.82) is 0 Å². The van der Waals surface area contributed by atoms with E-state index in [0.717, 1.165) is 44.6 Å². The molecule has 9 rings (SSSR count). The fourth-order valence-corrected chi connectivity index (χ4v) is 22.8. The van der Waals surface area contributed by atoms with Crippen LogP contribution in [0.1, 0.15) is 94.2 Å². The summed E-state index contributed by atoms with van der Waals surface area (Å²) in [6, 6.07) is 49.2. The predicted octanol–water partition coefficient (Wildman–Crippen LogP) is 18.6. The minimum atomic E-state index is -2.14. The molecule has 8 aromatic rings. The van der Waals surface area contributed by atoms with Crippen LogP contribution in [-0.2, 0) is 0 Å². The van der Waals surface area contributed by atoms with Crippen LogP contribution in [0, 0.1) is 22.9 Å². The molecule has 0 aromatic heterocycles. The van der Waals surface area contributed by atoms with Gasteiger partial charge in [0, 0.05) is 10.8 Å². The van der Waals surface area contributed by atoms with Crippen LogP contribution in [0.5, 0.6) is 0 Å². The van der Waals surface area contributed by atoms with E-state index in [1.807, 2.05) is 0 Å². The monoisotopic (exact) mass is 894 g/mol. The molecule has 4 heteroatoms. The van der Waals surface area contributed by atoms with E-state index in [4.69, 9.17) is 0 Å². The van der Waals surface area contributed by atoms with E-state index in [2.05, 4.69) is 250 Å². The molecule has 66 heavy (non-hydrogen) atoms. The zero-order valence-electron chi connectivity index (χ0n) is 41.2. The first-order valence-electron chi connectivity index (χ1n) is 24.4. The van der Waals surface area contributed by atoms with Crippen LogP contribution >= 0.6 is 0 Å². The van der Waals surface area contributed by atoms with Crippen molar-refractivity contribution < 1.29 is 0 Å². The first-order chi connectivity index (χ1) is 31.7. The normalized spacial score (nSPS) is 12.8. The molecule has 0 saturated carbocycles. The number of hydrogen-bond acceptors (Lipinski definition) is 2. The van der Waals surface area contributed by atoms with E-state index in [1.165, 1.54) is 54.6 Å². The van der Waals surface area contributed by atoms with Gasteiger partial charge >= 0.3 is 0 Å². The SMILES string of the molecule is CC(C)[Si](C#Cc1c2c(c(C#C[Si](C(C)C)(C(C)C)C(C)C)c3cc4ccccc4cc13)Nc1cc3c(-c4ccccc4)c4ccccc4c(-c4ccccc4)c3cc1N2)(C(C)C)C(C)C. The Morgan fingerprint density at radius 2 is 0.667 bits per heavy atom. The van der Waals surface area contributed by atoms with Gasteiger partial charge in [-0.3, -0.25) is 0 Å². The molecule has 1 aliphatic heterocycles. The summed E-state index contributed by atoms with van der Waals surface area (Å²) in [6.45, 7) is 28.9. The van der Waals surface area contributed by atoms with E-state index in [9.17, 15) is 0 Å². The van der Waals surface area contributed by atoms with Gasteiger partial charge in [0.25, 0.3) is 0 Å². The molecular formula is C62H66N2Si2. The van der Waals surface area contributed by atoms with Gasteiger partial charge in [-0.25, -0.2) is 0 Å². The molecule has 0 atom stereocenters. The second-order valence-corrected chi connectivity index (χ2v) is 31.9. The lowest BCUT2D eigenvalue weighted by atomic mass is 9.85. The number of hydrogen-bond donors (Lipinski definition) is 2. The molecule has 0 spiro atoms. The molecule has 0 radical (unpaired) electrons. The van der Waals surface area contributed by atoms with Gasteiger partial charge in [-0.15, -0.1) is 11.1 Å². The largest absolute Gasteiger partial charge is 0.351 e. The molecule has 1 heterocycles. The van der Waals surface area contributed by atoms with Crippen LogP contribution in [-0.4, -0.2) is 16.1 Å². The first kappa shape index (κ1) is 45.1. The van der Waals surface area contributed by atoms with Crippen LogP contribution in [0.4, 0.5) is 22.7 Å². The Morgan fingerprint density at radius 3 is 1.00 bits per heavy atom. The van der Waals surface area contributed by atoms with Crippen molar-refractivity contribution >= 4 is 82.0 Å². The molecule has 0 saturated heterocycles. The third kappa shape index (κ3) is 7.35. The maximum atomic E-state index is 4.18. The number of fused-ring (bicyclic) bond motifs is 6. The summed E-state index contributed by atoms with van der Waals surface area (Å²) in [7, 11) is -4.27. The summed E-state index contributed by atoms with van der Waals surface area (Å²) in [6.07, 6.45) is 0. The van der Waals surface area contributed by atoms with Crippen molar-refractivity contribution in [3.8, 4) is 45.2 Å². The fourth-order valence-electron chi connectivity index (χ4n) is 12.4. The first-order valence-corrected chi connectivity index (χ1v) is 28.9. The highest BCUT2D eigenvalue weighted by Gasteiger charge is 2.43. The Balaban J connectivity index is 1.43. The molecule has 0 unspecified atom stereocenters. The lowest BCUT2D eigenvalue weighted by Gasteiger charge is -2.38. The Hall–Kier alpha value is -6.05. The molecule has 0 aliphatic carbocycles. The van der Waals surface area contributed by atoms with Gasteiger partial charge in [-0.2, -0.15) is 0 Å². The highest BCUT2D eigenvalue weighted by atomic mass is 28.3. The smallest absolute Gasteiger partial charge is 0.146 e. The number of nitrogens with one attached hydrogen (secondary N) is 2. The Labute approximate surface area is 396 Å². The highest BCUT2D eigenvalue weighted by molar-refractivity contribution is 6.91. The van der Waals surface area contributed by atoms with E-state index in [-0.39, 0.29) is 0 Å². The van der Waals surface area contributed by atoms with E-state index in [1.54, 1.807) is 0 Å². The lowest BCUT2D eigenvalue weighted by Crippen LogP contribution is -2.43. The summed E-state index contributed by atoms with van der Waals surface area (Å²) >= 11 is 0. The molecule has 2 nitrogen and oxygen atoms in total. The molecular weight excluding hydrogens is 829 g/mol. The minimum Gasteiger partial charge on any atom is -0.351 e. The van der Waals surface area contributed by atoms with Crippen molar-refractivity contribution in [3.05, 3.63) is 145 Å². The van der Waals surface area contributed by atoms with Crippen LogP contribution in [0.2, 0.25) is 33.2 Å². The van der Waals surface area contributed by atoms with Gasteiger partial charge in [0.1, 0.15) is 16.1 Å². The zero-order valence-corrected chi connectivity index (χ0v) is 43.2. The van der Waals surface area contributed by atoms with Crippen molar-refractivity contribution in [2.75, 3.05) is 10.6 Å². The minimum absolute atomic E-state index is 0.502. The molecule has 1 aliphatic rings. The molecule has 0 amide bonds. The van der Waals surface area contributed by atoms with Crippen molar-refractivity contribution in [2.45, 2.75) is 116 Å². The Morgan fingerprint density at radius 1 is 0.348 bits per heavy atom. The van der Waals surface area contributed by atoms with E-state index >= 15 is 0 Å². The standard InChI is InChI=1S/C62H66N2Si2/c1-39(2)65(40(3)4,41(5)6)33-31-51-53-35-47-27-19-20-28-48(47)36-54(53)52(32-34-66(42(7)8,43(9)10)44(11)12)62-61(51)63-57-37-55-56(38-58(57)64-62)60(46-25-17-14-18-26-46)50-30-22-21-29-49(50)59(55)45-23-15-13-16-24-45/h13-30,35-44,63-64H,1-12H3. The zero-order chi connectivity index (χ0) is 46.7. The fraction of sp³-hybridized carbons (Fsp3) is 0.290. The average molecular weight is 895 g/mol. The Kier molecular flexibility index (Phi) is 12.1. The Bertz CT molecular complexity index is 3020. The van der Waals surface area contributed by atoms with Gasteiger partial charge in [-0.05, 0) is 112 Å². The predicted molar refractivity (Wildman–Crippen MR) is 296 cm³/mol. The van der Waals surface area contributed by atoms with Crippen LogP contribution < -0.4 is 10.6 Å². The van der Waals surface area contributed by atoms with Crippen molar-refractivity contribution in [3.63, 3.8) is 0 Å². The topological polar surface area (TPSA) is 24.1 Å². The maximum absolute atomic E-state index is 4.18. The highest BCUT2D eigenvalue weighted by Crippen LogP contribution is 2.52. The molecule has 0 bridgehead atoms. The summed E-state index contributed by atoms with van der Waals surface area (Å²) in [5.41, 5.74) is 22.5. The van der Waals surface area contributed by atoms with Gasteiger partial charge in [-0.1, -0.05) is 204 Å². The molecule has 0 fully saturated rings. The summed E-state index contributed by atoms with van der Waals surface area (Å²) in [5.74, 6) is 8.10. The van der Waals surface area contributed by atoms with Gasteiger partial charge < -0.3 is 10.6 Å². The second kappa shape index (κ2) is 17.6. The van der Waals surface area contributed by atoms with Crippen LogP contribution in [0.15, 0.2) is 133 Å². The number of rotatable bonds is 8. The van der Waals surface area contributed by atoms with Gasteiger partial charge in [0.2, 0.25) is 0 Å². The summed E-state index contributed by atoms with van der Waals surface area (Å²) < 4.78 is 0. The molecule has 332 valence electrons. The van der Waals surface area contributed by atoms with E-state index in [0.29, 0.717) is 33.2 Å². The lowest BCUT2D eigenvalue weighted by molar-refractivity contribution is 0.838.